The van der Waals surface area contributed by atoms with E-state index in [0.29, 0.717) is 77.2 Å². The second-order valence-corrected chi connectivity index (χ2v) is 11.7. The summed E-state index contributed by atoms with van der Waals surface area (Å²) >= 11 is 13.5. The molecule has 2 aliphatic rings. The first-order valence-electron chi connectivity index (χ1n) is 14.2. The minimum absolute atomic E-state index is 0.0127. The lowest BCUT2D eigenvalue weighted by molar-refractivity contribution is -0.115. The SMILES string of the molecule is C=CC(=O)C[C@H]1CN(c2cnn(C)c2)C[C@H]1Nc1cc2c(NC3COC3)nc(-c3c(Cl)c(OC)cc(OC)c3Cl)cc2cn1. The minimum Gasteiger partial charge on any atom is -0.495 e. The molecule has 0 radical (unpaired) electrons. The van der Waals surface area contributed by atoms with E-state index in [1.54, 1.807) is 16.9 Å². The molecule has 2 N–H and O–H groups in total. The van der Waals surface area contributed by atoms with Crippen LogP contribution in [0.5, 0.6) is 11.5 Å². The van der Waals surface area contributed by atoms with Gasteiger partial charge in [0.25, 0.3) is 0 Å². The number of nitrogens with one attached hydrogen (secondary N) is 2. The molecule has 2 fully saturated rings. The lowest BCUT2D eigenvalue weighted by Gasteiger charge is -2.28. The van der Waals surface area contributed by atoms with Gasteiger partial charge in [-0.15, -0.1) is 0 Å². The van der Waals surface area contributed by atoms with E-state index in [0.717, 1.165) is 16.5 Å². The number of hydrogen-bond acceptors (Lipinski definition) is 10. The summed E-state index contributed by atoms with van der Waals surface area (Å²) in [6.07, 6.45) is 7.38. The molecular formula is C31H33Cl2N7O4. The molecule has 0 aliphatic carbocycles. The number of ether oxygens (including phenoxy) is 3. The zero-order valence-electron chi connectivity index (χ0n) is 24.6. The van der Waals surface area contributed by atoms with E-state index in [9.17, 15) is 4.79 Å². The van der Waals surface area contributed by atoms with Crippen molar-refractivity contribution >= 4 is 57.1 Å². The first-order valence-corrected chi connectivity index (χ1v) is 14.9. The molecule has 1 aromatic carbocycles. The van der Waals surface area contributed by atoms with Gasteiger partial charge in [-0.2, -0.15) is 5.10 Å². The average molecular weight is 639 g/mol. The molecule has 2 atom stereocenters. The number of aromatic nitrogens is 4. The van der Waals surface area contributed by atoms with Gasteiger partial charge >= 0.3 is 0 Å². The predicted molar refractivity (Wildman–Crippen MR) is 172 cm³/mol. The molecule has 11 nitrogen and oxygen atoms in total. The van der Waals surface area contributed by atoms with Crippen LogP contribution in [0.4, 0.5) is 17.3 Å². The van der Waals surface area contributed by atoms with Crippen LogP contribution < -0.4 is 25.0 Å². The lowest BCUT2D eigenvalue weighted by Crippen LogP contribution is -2.40. The van der Waals surface area contributed by atoms with Crippen molar-refractivity contribution in [1.82, 2.24) is 19.7 Å². The highest BCUT2D eigenvalue weighted by Crippen LogP contribution is 2.46. The normalized spacial score (nSPS) is 18.2. The third-order valence-electron chi connectivity index (χ3n) is 8.04. The highest BCUT2D eigenvalue weighted by atomic mass is 35.5. The topological polar surface area (TPSA) is 116 Å². The summed E-state index contributed by atoms with van der Waals surface area (Å²) in [6.45, 7) is 6.21. The molecule has 0 bridgehead atoms. The molecule has 0 unspecified atom stereocenters. The van der Waals surface area contributed by atoms with Crippen molar-refractivity contribution in [2.75, 3.05) is 56.1 Å². The van der Waals surface area contributed by atoms with Crippen molar-refractivity contribution in [3.63, 3.8) is 0 Å². The van der Waals surface area contributed by atoms with Crippen molar-refractivity contribution in [1.29, 1.82) is 0 Å². The Bertz CT molecular complexity index is 1700. The van der Waals surface area contributed by atoms with Gasteiger partial charge in [0.15, 0.2) is 5.78 Å². The van der Waals surface area contributed by atoms with Gasteiger partial charge in [-0.3, -0.25) is 9.48 Å². The zero-order chi connectivity index (χ0) is 31.0. The van der Waals surface area contributed by atoms with Crippen LogP contribution in [0.1, 0.15) is 6.42 Å². The van der Waals surface area contributed by atoms with E-state index < -0.39 is 0 Å². The molecule has 0 saturated carbocycles. The highest BCUT2D eigenvalue weighted by Gasteiger charge is 2.35. The number of halogens is 2. The van der Waals surface area contributed by atoms with Gasteiger partial charge in [0.2, 0.25) is 0 Å². The summed E-state index contributed by atoms with van der Waals surface area (Å²) in [4.78, 5) is 24.4. The van der Waals surface area contributed by atoms with E-state index in [1.807, 2.05) is 31.6 Å². The molecule has 4 aromatic rings. The number of carbonyl (C=O) groups excluding carboxylic acids is 1. The number of fused-ring (bicyclic) bond motifs is 1. The number of rotatable bonds is 11. The van der Waals surface area contributed by atoms with Gasteiger partial charge in [-0.05, 0) is 18.2 Å². The number of methoxy groups -OCH3 is 2. The molecule has 6 rings (SSSR count). The van der Waals surface area contributed by atoms with Crippen LogP contribution in [0.15, 0.2) is 49.4 Å². The molecule has 0 spiro atoms. The molecule has 13 heteroatoms. The quantitative estimate of drug-likeness (QED) is 0.212. The fourth-order valence-electron chi connectivity index (χ4n) is 5.64. The van der Waals surface area contributed by atoms with Crippen LogP contribution in [0.25, 0.3) is 22.0 Å². The standard InChI is InChI=1S/C31H33Cl2N7O4/c1-5-21(41)6-18-12-40(20-11-35-39(2)13-20)14-24(18)37-27-8-22-17(10-34-27)7-23(38-31(22)36-19-15-44-16-19)28-29(32)25(42-3)9-26(43-4)30(28)33/h5,7-11,13,18-19,24H,1,6,12,14-16H2,2-4H3,(H,34,37)(H,36,38)/t18-,24+/m0/s1. The van der Waals surface area contributed by atoms with Crippen LogP contribution in [-0.2, 0) is 16.6 Å². The number of pyridine rings is 2. The largest absolute Gasteiger partial charge is 0.495 e. The summed E-state index contributed by atoms with van der Waals surface area (Å²) in [5.74, 6) is 2.23. The number of allylic oxidation sites excluding steroid dienone is 1. The van der Waals surface area contributed by atoms with E-state index in [1.165, 1.54) is 20.3 Å². The monoisotopic (exact) mass is 637 g/mol. The predicted octanol–water partition coefficient (Wildman–Crippen LogP) is 5.23. The number of ketones is 1. The van der Waals surface area contributed by atoms with E-state index >= 15 is 0 Å². The number of anilines is 3. The molecule has 5 heterocycles. The fourth-order valence-corrected chi connectivity index (χ4v) is 6.34. The summed E-state index contributed by atoms with van der Waals surface area (Å²) in [7, 11) is 4.96. The Labute approximate surface area is 265 Å². The molecule has 44 heavy (non-hydrogen) atoms. The number of carbonyl (C=O) groups is 1. The second-order valence-electron chi connectivity index (χ2n) is 11.0. The Morgan fingerprint density at radius 3 is 2.48 bits per heavy atom. The van der Waals surface area contributed by atoms with Crippen molar-refractivity contribution < 1.29 is 19.0 Å². The molecule has 0 amide bonds. The van der Waals surface area contributed by atoms with Crippen molar-refractivity contribution in [3.05, 3.63) is 59.5 Å². The Balaban J connectivity index is 1.37. The van der Waals surface area contributed by atoms with Crippen molar-refractivity contribution in [2.24, 2.45) is 13.0 Å². The smallest absolute Gasteiger partial charge is 0.155 e. The first-order chi connectivity index (χ1) is 21.3. The van der Waals surface area contributed by atoms with E-state index in [-0.39, 0.29) is 23.8 Å². The Morgan fingerprint density at radius 1 is 1.11 bits per heavy atom. The van der Waals surface area contributed by atoms with Gasteiger partial charge in [0.1, 0.15) is 23.1 Å². The molecular weight excluding hydrogens is 605 g/mol. The Hall–Kier alpha value is -4.06. The van der Waals surface area contributed by atoms with Gasteiger partial charge < -0.3 is 29.7 Å². The van der Waals surface area contributed by atoms with E-state index in [4.69, 9.17) is 47.4 Å². The average Bonchev–Trinajstić information content (AvgIpc) is 3.60. The number of benzene rings is 1. The minimum atomic E-state index is -0.0328. The van der Waals surface area contributed by atoms with Gasteiger partial charge in [0.05, 0.1) is 61.1 Å². The molecule has 2 aliphatic heterocycles. The van der Waals surface area contributed by atoms with Crippen molar-refractivity contribution in [3.8, 4) is 22.8 Å². The number of nitrogens with zero attached hydrogens (tertiary/aromatic N) is 5. The van der Waals surface area contributed by atoms with Crippen LogP contribution in [-0.4, -0.2) is 78.1 Å². The number of hydrogen-bond donors (Lipinski definition) is 2. The maximum atomic E-state index is 12.4. The molecule has 230 valence electrons. The third-order valence-corrected chi connectivity index (χ3v) is 8.80. The summed E-state index contributed by atoms with van der Waals surface area (Å²) in [5, 5.41) is 13.8. The van der Waals surface area contributed by atoms with E-state index in [2.05, 4.69) is 27.2 Å². The van der Waals surface area contributed by atoms with Gasteiger partial charge in [0, 0.05) is 73.3 Å². The summed E-state index contributed by atoms with van der Waals surface area (Å²) < 4.78 is 18.2. The first kappa shape index (κ1) is 30.0. The van der Waals surface area contributed by atoms with Gasteiger partial charge in [-0.1, -0.05) is 29.8 Å². The fraction of sp³-hybridized carbons (Fsp3) is 0.355. The van der Waals surface area contributed by atoms with Crippen LogP contribution in [0, 0.1) is 5.92 Å². The maximum Gasteiger partial charge on any atom is 0.155 e. The van der Waals surface area contributed by atoms with Gasteiger partial charge in [-0.25, -0.2) is 9.97 Å². The molecule has 3 aromatic heterocycles. The zero-order valence-corrected chi connectivity index (χ0v) is 26.2. The van der Waals surface area contributed by atoms with Crippen molar-refractivity contribution in [2.45, 2.75) is 18.5 Å². The third kappa shape index (κ3) is 5.87. The maximum absolute atomic E-state index is 12.4. The van der Waals surface area contributed by atoms with Crippen LogP contribution in [0.2, 0.25) is 10.0 Å². The van der Waals surface area contributed by atoms with Crippen LogP contribution in [0.3, 0.4) is 0 Å². The van der Waals surface area contributed by atoms with Crippen LogP contribution >= 0.6 is 23.2 Å². The summed E-state index contributed by atoms with van der Waals surface area (Å²) in [5.41, 5.74) is 2.05. The number of aryl methyl sites for hydroxylation is 1. The summed E-state index contributed by atoms with van der Waals surface area (Å²) in [6, 6.07) is 5.59. The lowest BCUT2D eigenvalue weighted by atomic mass is 9.97. The Morgan fingerprint density at radius 2 is 1.86 bits per heavy atom. The Kier molecular flexibility index (Phi) is 8.53. The highest BCUT2D eigenvalue weighted by molar-refractivity contribution is 6.41. The second kappa shape index (κ2) is 12.5. The molecule has 2 saturated heterocycles.